The van der Waals surface area contributed by atoms with Gasteiger partial charge in [0.15, 0.2) is 0 Å². The van der Waals surface area contributed by atoms with Crippen molar-refractivity contribution in [2.24, 2.45) is 11.8 Å². The molecule has 1 N–H and O–H groups in total. The number of fused-ring (bicyclic) bond motifs is 2. The van der Waals surface area contributed by atoms with Crippen LogP contribution in [0.25, 0.3) is 0 Å². The second kappa shape index (κ2) is 1.98. The van der Waals surface area contributed by atoms with E-state index in [9.17, 15) is 0 Å². The van der Waals surface area contributed by atoms with Gasteiger partial charge < -0.3 is 5.32 Å². The van der Waals surface area contributed by atoms with Crippen LogP contribution >= 0.6 is 0 Å². The van der Waals surface area contributed by atoms with Crippen LogP contribution in [0.3, 0.4) is 0 Å². The highest BCUT2D eigenvalue weighted by molar-refractivity contribution is 4.88. The first-order chi connectivity index (χ1) is 4.34. The Morgan fingerprint density at radius 3 is 2.89 bits per heavy atom. The molecular formula is C8H15N. The quantitative estimate of drug-likeness (QED) is 0.516. The zero-order valence-electron chi connectivity index (χ0n) is 6.06. The van der Waals surface area contributed by atoms with Crippen LogP contribution in [0.15, 0.2) is 0 Å². The summed E-state index contributed by atoms with van der Waals surface area (Å²) in [5.41, 5.74) is 0. The predicted octanol–water partition coefficient (Wildman–Crippen LogP) is 1.39. The highest BCUT2D eigenvalue weighted by Crippen LogP contribution is 2.32. The highest BCUT2D eigenvalue weighted by atomic mass is 15.0. The summed E-state index contributed by atoms with van der Waals surface area (Å²) in [5.74, 6) is 2.02. The molecule has 1 nitrogen and oxygen atoms in total. The van der Waals surface area contributed by atoms with Crippen LogP contribution < -0.4 is 5.32 Å². The molecular weight excluding hydrogens is 110 g/mol. The number of nitrogens with one attached hydrogen (secondary N) is 1. The molecule has 1 aliphatic heterocycles. The molecule has 1 heterocycles. The van der Waals surface area contributed by atoms with E-state index in [2.05, 4.69) is 12.2 Å². The molecule has 0 aromatic rings. The second-order valence-corrected chi connectivity index (χ2v) is 3.78. The molecule has 2 aliphatic rings. The third-order valence-electron chi connectivity index (χ3n) is 2.74. The molecule has 3 atom stereocenters. The average molecular weight is 125 g/mol. The molecule has 2 fully saturated rings. The maximum absolute atomic E-state index is 3.55. The highest BCUT2D eigenvalue weighted by Gasteiger charge is 2.31. The lowest BCUT2D eigenvalue weighted by Crippen LogP contribution is -2.23. The first-order valence-corrected chi connectivity index (χ1v) is 4.08. The minimum atomic E-state index is 0.888. The van der Waals surface area contributed by atoms with Gasteiger partial charge in [0.1, 0.15) is 0 Å². The van der Waals surface area contributed by atoms with Crippen molar-refractivity contribution in [3.05, 3.63) is 0 Å². The molecule has 0 spiro atoms. The third kappa shape index (κ3) is 0.983. The Labute approximate surface area is 56.8 Å². The van der Waals surface area contributed by atoms with E-state index in [4.69, 9.17) is 0 Å². The van der Waals surface area contributed by atoms with Gasteiger partial charge in [-0.15, -0.1) is 0 Å². The number of hydrogen-bond donors (Lipinski definition) is 1. The molecule has 1 saturated heterocycles. The largest absolute Gasteiger partial charge is 0.314 e. The van der Waals surface area contributed by atoms with Crippen LogP contribution in [0.5, 0.6) is 0 Å². The van der Waals surface area contributed by atoms with E-state index in [0.717, 1.165) is 17.9 Å². The van der Waals surface area contributed by atoms with Crippen molar-refractivity contribution in [1.29, 1.82) is 0 Å². The molecule has 3 unspecified atom stereocenters. The van der Waals surface area contributed by atoms with Crippen molar-refractivity contribution in [2.75, 3.05) is 6.54 Å². The van der Waals surface area contributed by atoms with Gasteiger partial charge in [0.2, 0.25) is 0 Å². The van der Waals surface area contributed by atoms with Crippen LogP contribution in [0.4, 0.5) is 0 Å². The van der Waals surface area contributed by atoms with Gasteiger partial charge in [-0.2, -0.15) is 0 Å². The standard InChI is InChI=1S/C8H15N/c1-6-2-7-4-8(3-6)9-5-7/h6-9H,2-5H2,1H3. The molecule has 1 saturated carbocycles. The zero-order valence-corrected chi connectivity index (χ0v) is 6.06. The zero-order chi connectivity index (χ0) is 6.27. The summed E-state index contributed by atoms with van der Waals surface area (Å²) in [6.45, 7) is 3.68. The van der Waals surface area contributed by atoms with Gasteiger partial charge in [0.25, 0.3) is 0 Å². The first kappa shape index (κ1) is 5.72. The van der Waals surface area contributed by atoms with E-state index in [1.807, 2.05) is 0 Å². The third-order valence-corrected chi connectivity index (χ3v) is 2.74. The monoisotopic (exact) mass is 125 g/mol. The van der Waals surface area contributed by atoms with Gasteiger partial charge in [0.05, 0.1) is 0 Å². The van der Waals surface area contributed by atoms with Crippen molar-refractivity contribution in [3.8, 4) is 0 Å². The van der Waals surface area contributed by atoms with Gasteiger partial charge >= 0.3 is 0 Å². The molecule has 52 valence electrons. The van der Waals surface area contributed by atoms with E-state index in [-0.39, 0.29) is 0 Å². The van der Waals surface area contributed by atoms with E-state index >= 15 is 0 Å². The summed E-state index contributed by atoms with van der Waals surface area (Å²) in [6, 6.07) is 0.888. The van der Waals surface area contributed by atoms with Crippen molar-refractivity contribution in [3.63, 3.8) is 0 Å². The summed E-state index contributed by atoms with van der Waals surface area (Å²) < 4.78 is 0. The normalized spacial score (nSPS) is 49.7. The Kier molecular flexibility index (Phi) is 1.26. The summed E-state index contributed by atoms with van der Waals surface area (Å²) in [6.07, 6.45) is 4.37. The van der Waals surface area contributed by atoms with Crippen LogP contribution in [-0.2, 0) is 0 Å². The maximum atomic E-state index is 3.55. The Bertz CT molecular complexity index is 99.1. The lowest BCUT2D eigenvalue weighted by molar-refractivity contribution is 0.318. The van der Waals surface area contributed by atoms with Gasteiger partial charge in [-0.25, -0.2) is 0 Å². The lowest BCUT2D eigenvalue weighted by atomic mass is 9.83. The van der Waals surface area contributed by atoms with E-state index in [0.29, 0.717) is 0 Å². The van der Waals surface area contributed by atoms with Crippen LogP contribution in [0, 0.1) is 11.8 Å². The van der Waals surface area contributed by atoms with Crippen molar-refractivity contribution < 1.29 is 0 Å². The van der Waals surface area contributed by atoms with Crippen LogP contribution in [-0.4, -0.2) is 12.6 Å². The number of hydrogen-bond acceptors (Lipinski definition) is 1. The fourth-order valence-electron chi connectivity index (χ4n) is 2.41. The SMILES string of the molecule is CC1CC2CNC(C1)C2. The Morgan fingerprint density at radius 1 is 1.22 bits per heavy atom. The molecule has 9 heavy (non-hydrogen) atoms. The van der Waals surface area contributed by atoms with Crippen molar-refractivity contribution in [2.45, 2.75) is 32.2 Å². The fraction of sp³-hybridized carbons (Fsp3) is 1.00. The molecule has 1 aliphatic carbocycles. The van der Waals surface area contributed by atoms with Gasteiger partial charge in [-0.05, 0) is 37.6 Å². The summed E-state index contributed by atoms with van der Waals surface area (Å²) in [7, 11) is 0. The number of rotatable bonds is 0. The van der Waals surface area contributed by atoms with Gasteiger partial charge in [-0.3, -0.25) is 0 Å². The van der Waals surface area contributed by atoms with E-state index in [1.165, 1.54) is 25.8 Å². The average Bonchev–Trinajstić information content (AvgIpc) is 2.11. The first-order valence-electron chi connectivity index (χ1n) is 4.08. The Morgan fingerprint density at radius 2 is 2.11 bits per heavy atom. The maximum Gasteiger partial charge on any atom is 0.00728 e. The minimum Gasteiger partial charge on any atom is -0.314 e. The molecule has 0 aromatic heterocycles. The van der Waals surface area contributed by atoms with Gasteiger partial charge in [0, 0.05) is 6.04 Å². The van der Waals surface area contributed by atoms with E-state index < -0.39 is 0 Å². The Hall–Kier alpha value is -0.0400. The predicted molar refractivity (Wildman–Crippen MR) is 38.3 cm³/mol. The van der Waals surface area contributed by atoms with Crippen molar-refractivity contribution >= 4 is 0 Å². The summed E-state index contributed by atoms with van der Waals surface area (Å²) in [5, 5.41) is 3.55. The van der Waals surface area contributed by atoms with Crippen molar-refractivity contribution in [1.82, 2.24) is 5.32 Å². The van der Waals surface area contributed by atoms with Gasteiger partial charge in [-0.1, -0.05) is 6.92 Å². The second-order valence-electron chi connectivity index (χ2n) is 3.78. The van der Waals surface area contributed by atoms with Crippen LogP contribution in [0.1, 0.15) is 26.2 Å². The molecule has 0 aromatic carbocycles. The molecule has 1 heteroatoms. The van der Waals surface area contributed by atoms with E-state index in [1.54, 1.807) is 0 Å². The molecule has 0 amide bonds. The van der Waals surface area contributed by atoms with Crippen LogP contribution in [0.2, 0.25) is 0 Å². The molecule has 2 rings (SSSR count). The fourth-order valence-corrected chi connectivity index (χ4v) is 2.41. The topological polar surface area (TPSA) is 12.0 Å². The molecule has 2 bridgehead atoms. The molecule has 0 radical (unpaired) electrons. The smallest absolute Gasteiger partial charge is 0.00728 e. The minimum absolute atomic E-state index is 0.888. The lowest BCUT2D eigenvalue weighted by Gasteiger charge is -2.23. The summed E-state index contributed by atoms with van der Waals surface area (Å²) >= 11 is 0. The Balaban J connectivity index is 2.03. The summed E-state index contributed by atoms with van der Waals surface area (Å²) in [4.78, 5) is 0.